The maximum atomic E-state index is 12.3. The van der Waals surface area contributed by atoms with E-state index in [-0.39, 0.29) is 10.8 Å². The van der Waals surface area contributed by atoms with Gasteiger partial charge in [0.2, 0.25) is 0 Å². The van der Waals surface area contributed by atoms with Crippen molar-refractivity contribution in [1.29, 1.82) is 0 Å². The van der Waals surface area contributed by atoms with E-state index in [1.54, 1.807) is 17.5 Å². The van der Waals surface area contributed by atoms with Crippen LogP contribution in [0.15, 0.2) is 41.9 Å². The smallest absolute Gasteiger partial charge is 0.0979 e. The number of hydrogen-bond acceptors (Lipinski definition) is 3. The molecular formula is C14H18N2OS2. The Morgan fingerprint density at radius 2 is 2.05 bits per heavy atom. The lowest BCUT2D eigenvalue weighted by Crippen LogP contribution is -2.36. The summed E-state index contributed by atoms with van der Waals surface area (Å²) in [5, 5.41) is 2.02. The molecular weight excluding hydrogens is 276 g/mol. The predicted molar refractivity (Wildman–Crippen MR) is 81.4 cm³/mol. The van der Waals surface area contributed by atoms with Crippen LogP contribution < -0.4 is 4.72 Å². The number of aromatic nitrogens is 1. The van der Waals surface area contributed by atoms with E-state index in [4.69, 9.17) is 0 Å². The van der Waals surface area contributed by atoms with E-state index in [0.29, 0.717) is 0 Å². The van der Waals surface area contributed by atoms with Gasteiger partial charge in [0.1, 0.15) is 0 Å². The summed E-state index contributed by atoms with van der Waals surface area (Å²) >= 11 is 1.64. The highest BCUT2D eigenvalue weighted by Crippen LogP contribution is 2.26. The number of thiophene rings is 1. The molecule has 5 heteroatoms. The largest absolute Gasteiger partial charge is 0.259 e. The molecule has 3 nitrogen and oxygen atoms in total. The zero-order valence-corrected chi connectivity index (χ0v) is 12.9. The monoisotopic (exact) mass is 294 g/mol. The Morgan fingerprint density at radius 3 is 2.58 bits per heavy atom. The standard InChI is InChI=1S/C14H18N2OS2/c1-14(2,3)19(17)16-13(12-8-6-10-18-12)11-7-4-5-9-15-11/h4-10,13,16H,1-3H3/t13-,19?/m1/s1. The third kappa shape index (κ3) is 3.72. The maximum Gasteiger partial charge on any atom is 0.0979 e. The molecule has 0 amide bonds. The van der Waals surface area contributed by atoms with E-state index < -0.39 is 11.0 Å². The maximum absolute atomic E-state index is 12.3. The zero-order chi connectivity index (χ0) is 13.9. The van der Waals surface area contributed by atoms with Crippen molar-refractivity contribution in [1.82, 2.24) is 9.71 Å². The molecule has 0 spiro atoms. The van der Waals surface area contributed by atoms with Crippen LogP contribution in [0.4, 0.5) is 0 Å². The first kappa shape index (κ1) is 14.4. The van der Waals surface area contributed by atoms with Gasteiger partial charge >= 0.3 is 0 Å². The molecule has 2 aromatic rings. The molecule has 0 aliphatic carbocycles. The van der Waals surface area contributed by atoms with Crippen molar-refractivity contribution in [3.05, 3.63) is 52.5 Å². The molecule has 0 aliphatic heterocycles. The van der Waals surface area contributed by atoms with Crippen LogP contribution >= 0.6 is 11.3 Å². The van der Waals surface area contributed by atoms with Crippen LogP contribution in [0.1, 0.15) is 37.4 Å². The highest BCUT2D eigenvalue weighted by molar-refractivity contribution is 7.84. The molecule has 2 atom stereocenters. The van der Waals surface area contributed by atoms with Crippen molar-refractivity contribution >= 4 is 22.3 Å². The molecule has 2 aromatic heterocycles. The van der Waals surface area contributed by atoms with Gasteiger partial charge in [0, 0.05) is 11.1 Å². The van der Waals surface area contributed by atoms with Gasteiger partial charge in [0.15, 0.2) is 0 Å². The van der Waals surface area contributed by atoms with Crippen molar-refractivity contribution in [2.75, 3.05) is 0 Å². The van der Waals surface area contributed by atoms with Crippen LogP contribution in [0.3, 0.4) is 0 Å². The summed E-state index contributed by atoms with van der Waals surface area (Å²) in [7, 11) is -1.14. The van der Waals surface area contributed by atoms with Crippen molar-refractivity contribution in [2.24, 2.45) is 0 Å². The Bertz CT molecular complexity index is 532. The van der Waals surface area contributed by atoms with Gasteiger partial charge in [-0.25, -0.2) is 8.93 Å². The number of nitrogens with zero attached hydrogens (tertiary/aromatic N) is 1. The van der Waals surface area contributed by atoms with Crippen molar-refractivity contribution in [2.45, 2.75) is 31.6 Å². The van der Waals surface area contributed by atoms with E-state index in [1.165, 1.54) is 0 Å². The number of hydrogen-bond donors (Lipinski definition) is 1. The Morgan fingerprint density at radius 1 is 1.26 bits per heavy atom. The molecule has 0 saturated carbocycles. The van der Waals surface area contributed by atoms with Crippen molar-refractivity contribution in [3.63, 3.8) is 0 Å². The fourth-order valence-electron chi connectivity index (χ4n) is 1.55. The molecule has 0 bridgehead atoms. The first-order valence-electron chi connectivity index (χ1n) is 6.11. The quantitative estimate of drug-likeness (QED) is 0.940. The molecule has 0 saturated heterocycles. The van der Waals surface area contributed by atoms with Crippen molar-refractivity contribution < 1.29 is 4.21 Å². The second-order valence-corrected chi connectivity index (χ2v) is 8.18. The minimum atomic E-state index is -1.14. The number of pyridine rings is 1. The van der Waals surface area contributed by atoms with Crippen LogP contribution in [-0.4, -0.2) is 13.9 Å². The first-order valence-corrected chi connectivity index (χ1v) is 8.14. The normalized spacial score (nSPS) is 15.1. The highest BCUT2D eigenvalue weighted by Gasteiger charge is 2.25. The van der Waals surface area contributed by atoms with Gasteiger partial charge in [0.25, 0.3) is 0 Å². The summed E-state index contributed by atoms with van der Waals surface area (Å²) < 4.78 is 15.2. The summed E-state index contributed by atoms with van der Waals surface area (Å²) in [6.07, 6.45) is 1.76. The Labute approximate surface area is 120 Å². The lowest BCUT2D eigenvalue weighted by Gasteiger charge is -2.23. The average molecular weight is 294 g/mol. The molecule has 0 fully saturated rings. The summed E-state index contributed by atoms with van der Waals surface area (Å²) in [5.74, 6) is 0. The first-order chi connectivity index (χ1) is 8.98. The molecule has 1 unspecified atom stereocenters. The molecule has 1 N–H and O–H groups in total. The Kier molecular flexibility index (Phi) is 4.50. The predicted octanol–water partition coefficient (Wildman–Crippen LogP) is 3.28. The van der Waals surface area contributed by atoms with E-state index in [1.807, 2.05) is 56.5 Å². The van der Waals surface area contributed by atoms with Gasteiger partial charge in [0.05, 0.1) is 27.5 Å². The molecule has 2 heterocycles. The van der Waals surface area contributed by atoms with Crippen LogP contribution in [-0.2, 0) is 11.0 Å². The Hall–Kier alpha value is -1.04. The average Bonchev–Trinajstić information content (AvgIpc) is 2.89. The fraction of sp³-hybridized carbons (Fsp3) is 0.357. The van der Waals surface area contributed by atoms with Gasteiger partial charge in [-0.05, 0) is 44.4 Å². The van der Waals surface area contributed by atoms with Gasteiger partial charge in [-0.1, -0.05) is 12.1 Å². The van der Waals surface area contributed by atoms with Gasteiger partial charge in [-0.3, -0.25) is 4.98 Å². The molecule has 0 aromatic carbocycles. The number of nitrogens with one attached hydrogen (secondary N) is 1. The lowest BCUT2D eigenvalue weighted by molar-refractivity contribution is 0.622. The summed E-state index contributed by atoms with van der Waals surface area (Å²) in [6.45, 7) is 5.88. The summed E-state index contributed by atoms with van der Waals surface area (Å²) in [4.78, 5) is 5.50. The minimum absolute atomic E-state index is 0.124. The van der Waals surface area contributed by atoms with E-state index in [0.717, 1.165) is 10.6 Å². The molecule has 0 aliphatic rings. The minimum Gasteiger partial charge on any atom is -0.259 e. The van der Waals surface area contributed by atoms with Crippen LogP contribution in [0.2, 0.25) is 0 Å². The van der Waals surface area contributed by atoms with E-state index >= 15 is 0 Å². The van der Waals surface area contributed by atoms with E-state index in [9.17, 15) is 4.21 Å². The SMILES string of the molecule is CC(C)(C)S(=O)N[C@H](c1ccccn1)c1cccs1. The third-order valence-corrected chi connectivity index (χ3v) is 5.09. The highest BCUT2D eigenvalue weighted by atomic mass is 32.2. The fourth-order valence-corrected chi connectivity index (χ4v) is 3.23. The number of rotatable bonds is 4. The van der Waals surface area contributed by atoms with Crippen LogP contribution in [0, 0.1) is 0 Å². The van der Waals surface area contributed by atoms with Gasteiger partial charge in [-0.2, -0.15) is 0 Å². The van der Waals surface area contributed by atoms with Gasteiger partial charge < -0.3 is 0 Å². The topological polar surface area (TPSA) is 42.0 Å². The molecule has 0 radical (unpaired) electrons. The lowest BCUT2D eigenvalue weighted by atomic mass is 10.2. The Balaban J connectivity index is 2.29. The van der Waals surface area contributed by atoms with Crippen molar-refractivity contribution in [3.8, 4) is 0 Å². The van der Waals surface area contributed by atoms with Crippen LogP contribution in [0.25, 0.3) is 0 Å². The summed E-state index contributed by atoms with van der Waals surface area (Å²) in [5.41, 5.74) is 0.891. The molecule has 2 rings (SSSR count). The molecule has 102 valence electrons. The van der Waals surface area contributed by atoms with E-state index in [2.05, 4.69) is 9.71 Å². The second kappa shape index (κ2) is 5.94. The molecule has 19 heavy (non-hydrogen) atoms. The zero-order valence-electron chi connectivity index (χ0n) is 11.3. The summed E-state index contributed by atoms with van der Waals surface area (Å²) in [6, 6.07) is 9.70. The second-order valence-electron chi connectivity index (χ2n) is 5.20. The third-order valence-electron chi connectivity index (χ3n) is 2.59. The van der Waals surface area contributed by atoms with Crippen LogP contribution in [0.5, 0.6) is 0 Å². The van der Waals surface area contributed by atoms with Gasteiger partial charge in [-0.15, -0.1) is 11.3 Å².